The second-order valence-electron chi connectivity index (χ2n) is 14.2. The minimum atomic E-state index is -1.00. The van der Waals surface area contributed by atoms with E-state index in [2.05, 4.69) is 37.7 Å². The number of hydrogen-bond acceptors (Lipinski definition) is 7. The first-order valence-electron chi connectivity index (χ1n) is 17.8. The van der Waals surface area contributed by atoms with Gasteiger partial charge in [-0.2, -0.15) is 0 Å². The molecule has 2 aromatic carbocycles. The average Bonchev–Trinajstić information content (AvgIpc) is 3.82. The summed E-state index contributed by atoms with van der Waals surface area (Å²) in [5.74, 6) is -0.607. The van der Waals surface area contributed by atoms with Crippen molar-refractivity contribution in [3.63, 3.8) is 0 Å². The fourth-order valence-corrected chi connectivity index (χ4v) is 7.34. The van der Waals surface area contributed by atoms with Crippen LogP contribution in [-0.2, 0) is 21.4 Å². The molecule has 0 saturated carbocycles. The van der Waals surface area contributed by atoms with Crippen LogP contribution in [0.15, 0.2) is 73.1 Å². The van der Waals surface area contributed by atoms with Crippen LogP contribution >= 0.6 is 11.3 Å². The number of rotatable bonds is 16. The Morgan fingerprint density at radius 3 is 2.22 bits per heavy atom. The number of aliphatic carboxylic acids is 1. The van der Waals surface area contributed by atoms with E-state index in [1.807, 2.05) is 73.1 Å². The quantitative estimate of drug-likeness (QED) is 0.0920. The zero-order valence-electron chi connectivity index (χ0n) is 29.7. The van der Waals surface area contributed by atoms with E-state index >= 15 is 0 Å². The van der Waals surface area contributed by atoms with Crippen LogP contribution in [0.5, 0.6) is 5.75 Å². The van der Waals surface area contributed by atoms with Crippen molar-refractivity contribution in [3.8, 4) is 28.3 Å². The second-order valence-corrected chi connectivity index (χ2v) is 15.3. The molecule has 0 bridgehead atoms. The highest BCUT2D eigenvalue weighted by Crippen LogP contribution is 2.32. The Morgan fingerprint density at radius 1 is 0.900 bits per heavy atom. The van der Waals surface area contributed by atoms with Crippen LogP contribution in [0.2, 0.25) is 0 Å². The number of carboxylic acids is 1. The van der Waals surface area contributed by atoms with Gasteiger partial charge in [0.2, 0.25) is 5.91 Å². The number of likely N-dealkylation sites (tertiary alicyclic amines) is 1. The van der Waals surface area contributed by atoms with Gasteiger partial charge in [0, 0.05) is 47.3 Å². The van der Waals surface area contributed by atoms with Crippen molar-refractivity contribution >= 4 is 29.0 Å². The highest BCUT2D eigenvalue weighted by atomic mass is 32.1. The molecule has 0 radical (unpaired) electrons. The SMILES string of the molecule is CCCCCCCOc1ccc(-c2cnc(-c3ccc(C[C@H](CC(=O)c4ccc(C(C)(C)C)s4)C(=O)N4CCC[C@H]4C(=O)O)cc3)nc2)cc1. The van der Waals surface area contributed by atoms with Gasteiger partial charge in [0.25, 0.3) is 0 Å². The Labute approximate surface area is 299 Å². The van der Waals surface area contributed by atoms with Crippen LogP contribution in [-0.4, -0.2) is 56.8 Å². The number of carboxylic acid groups (broad SMARTS) is 1. The third-order valence-corrected chi connectivity index (χ3v) is 10.8. The van der Waals surface area contributed by atoms with Gasteiger partial charge < -0.3 is 14.7 Å². The molecule has 2 aromatic heterocycles. The van der Waals surface area contributed by atoms with E-state index in [4.69, 9.17) is 4.74 Å². The van der Waals surface area contributed by atoms with E-state index in [1.54, 1.807) is 0 Å². The van der Waals surface area contributed by atoms with Crippen molar-refractivity contribution in [3.05, 3.63) is 88.4 Å². The van der Waals surface area contributed by atoms with Crippen LogP contribution in [0.1, 0.15) is 99.2 Å². The summed E-state index contributed by atoms with van der Waals surface area (Å²) in [6, 6.07) is 18.7. The van der Waals surface area contributed by atoms with Crippen LogP contribution in [0, 0.1) is 5.92 Å². The molecule has 9 heteroatoms. The first kappa shape index (κ1) is 36.9. The normalized spacial score (nSPS) is 15.2. The van der Waals surface area contributed by atoms with Crippen molar-refractivity contribution in [1.82, 2.24) is 14.9 Å². The molecular weight excluding hydrogens is 647 g/mol. The van der Waals surface area contributed by atoms with E-state index in [9.17, 15) is 19.5 Å². The third-order valence-electron chi connectivity index (χ3n) is 9.27. The largest absolute Gasteiger partial charge is 0.494 e. The lowest BCUT2D eigenvalue weighted by Gasteiger charge is -2.26. The van der Waals surface area contributed by atoms with E-state index in [-0.39, 0.29) is 23.5 Å². The molecule has 0 aliphatic carbocycles. The number of carbonyl (C=O) groups excluding carboxylic acids is 2. The highest BCUT2D eigenvalue weighted by molar-refractivity contribution is 7.14. The number of hydrogen-bond donors (Lipinski definition) is 1. The first-order chi connectivity index (χ1) is 24.0. The molecule has 0 unspecified atom stereocenters. The standard InChI is InChI=1S/C41H49N3O5S/c1-5-6-7-8-9-23-49-33-18-16-29(17-19-33)32-26-42-38(43-27-32)30-14-12-28(13-15-30)24-31(39(46)44-22-10-11-34(44)40(47)48)25-35(45)36-20-21-37(50-36)41(2,3)4/h12-21,26-27,31,34H,5-11,22-25H2,1-4H3,(H,47,48)/t31-,34+/m1/s1. The van der Waals surface area contributed by atoms with Gasteiger partial charge in [-0.25, -0.2) is 14.8 Å². The molecule has 50 heavy (non-hydrogen) atoms. The second kappa shape index (κ2) is 17.0. The van der Waals surface area contributed by atoms with Crippen LogP contribution < -0.4 is 4.74 Å². The van der Waals surface area contributed by atoms with Gasteiger partial charge in [0.15, 0.2) is 11.6 Å². The summed E-state index contributed by atoms with van der Waals surface area (Å²) in [5.41, 5.74) is 3.55. The molecule has 0 spiro atoms. The van der Waals surface area contributed by atoms with Crippen LogP contribution in [0.3, 0.4) is 0 Å². The number of Topliss-reactive ketones (excluding diaryl/α,β-unsaturated/α-hetero) is 1. The lowest BCUT2D eigenvalue weighted by Crippen LogP contribution is -2.44. The van der Waals surface area contributed by atoms with Gasteiger partial charge in [-0.3, -0.25) is 9.59 Å². The van der Waals surface area contributed by atoms with Crippen LogP contribution in [0.4, 0.5) is 0 Å². The van der Waals surface area contributed by atoms with Gasteiger partial charge in [-0.15, -0.1) is 11.3 Å². The van der Waals surface area contributed by atoms with E-state index in [1.165, 1.54) is 41.9 Å². The maximum Gasteiger partial charge on any atom is 0.326 e. The van der Waals surface area contributed by atoms with E-state index in [0.717, 1.165) is 45.9 Å². The van der Waals surface area contributed by atoms with Gasteiger partial charge in [-0.1, -0.05) is 89.8 Å². The molecule has 1 fully saturated rings. The predicted molar refractivity (Wildman–Crippen MR) is 199 cm³/mol. The summed E-state index contributed by atoms with van der Waals surface area (Å²) in [6.45, 7) is 9.65. The smallest absolute Gasteiger partial charge is 0.326 e. The topological polar surface area (TPSA) is 110 Å². The summed E-state index contributed by atoms with van der Waals surface area (Å²) in [7, 11) is 0. The zero-order valence-corrected chi connectivity index (χ0v) is 30.5. The van der Waals surface area contributed by atoms with Crippen molar-refractivity contribution in [2.45, 2.75) is 96.9 Å². The lowest BCUT2D eigenvalue weighted by molar-refractivity contribution is -0.149. The van der Waals surface area contributed by atoms with Gasteiger partial charge in [0.05, 0.1) is 11.5 Å². The maximum absolute atomic E-state index is 13.8. The predicted octanol–water partition coefficient (Wildman–Crippen LogP) is 9.03. The molecule has 3 heterocycles. The maximum atomic E-state index is 13.8. The Balaban J connectivity index is 1.24. The van der Waals surface area contributed by atoms with Crippen molar-refractivity contribution in [1.29, 1.82) is 0 Å². The number of unbranched alkanes of at least 4 members (excludes halogenated alkanes) is 4. The molecule has 2 atom stereocenters. The number of benzene rings is 2. The summed E-state index contributed by atoms with van der Waals surface area (Å²) in [4.78, 5) is 51.7. The van der Waals surface area contributed by atoms with E-state index in [0.29, 0.717) is 36.5 Å². The molecule has 264 valence electrons. The fourth-order valence-electron chi connectivity index (χ4n) is 6.32. The molecule has 4 aromatic rings. The molecule has 1 aliphatic rings. The number of carbonyl (C=O) groups is 3. The summed E-state index contributed by atoms with van der Waals surface area (Å²) >= 11 is 1.46. The molecule has 1 N–H and O–H groups in total. The lowest BCUT2D eigenvalue weighted by atomic mass is 9.91. The van der Waals surface area contributed by atoms with Crippen LogP contribution in [0.25, 0.3) is 22.5 Å². The number of ether oxygens (including phenoxy) is 1. The number of nitrogens with zero attached hydrogens (tertiary/aromatic N) is 3. The molecule has 5 rings (SSSR count). The minimum absolute atomic E-state index is 0.0181. The monoisotopic (exact) mass is 695 g/mol. The van der Waals surface area contributed by atoms with Gasteiger partial charge in [0.1, 0.15) is 11.8 Å². The molecular formula is C41H49N3O5S. The number of aromatic nitrogens is 2. The molecule has 1 aliphatic heterocycles. The van der Waals surface area contributed by atoms with Crippen molar-refractivity contribution in [2.24, 2.45) is 5.92 Å². The van der Waals surface area contributed by atoms with Crippen molar-refractivity contribution < 1.29 is 24.2 Å². The third kappa shape index (κ3) is 9.65. The minimum Gasteiger partial charge on any atom is -0.494 e. The van der Waals surface area contributed by atoms with Crippen molar-refractivity contribution in [2.75, 3.05) is 13.2 Å². The Morgan fingerprint density at radius 2 is 1.58 bits per heavy atom. The fraction of sp³-hybridized carbons (Fsp3) is 0.439. The number of amides is 1. The molecule has 1 saturated heterocycles. The summed E-state index contributed by atoms with van der Waals surface area (Å²) < 4.78 is 5.90. The van der Waals surface area contributed by atoms with Gasteiger partial charge >= 0.3 is 5.97 Å². The molecule has 1 amide bonds. The summed E-state index contributed by atoms with van der Waals surface area (Å²) in [5, 5.41) is 9.75. The Bertz CT molecular complexity index is 1730. The number of ketones is 1. The summed E-state index contributed by atoms with van der Waals surface area (Å²) in [6.07, 6.45) is 11.1. The first-order valence-corrected chi connectivity index (χ1v) is 18.7. The Hall–Kier alpha value is -4.37. The average molecular weight is 696 g/mol. The number of thiophene rings is 1. The Kier molecular flexibility index (Phi) is 12.6. The zero-order chi connectivity index (χ0) is 35.7. The van der Waals surface area contributed by atoms with Gasteiger partial charge in [-0.05, 0) is 66.5 Å². The highest BCUT2D eigenvalue weighted by Gasteiger charge is 2.38. The molecule has 8 nitrogen and oxygen atoms in total. The van der Waals surface area contributed by atoms with E-state index < -0.39 is 17.9 Å².